The fraction of sp³-hybridized carbons (Fsp3) is 0.800. The Kier molecular flexibility index (Phi) is 0.667. The maximum absolute atomic E-state index is 4.92. The van der Waals surface area contributed by atoms with Gasteiger partial charge in [-0.3, -0.25) is 0 Å². The van der Waals surface area contributed by atoms with Crippen LogP contribution in [0.4, 0.5) is 0 Å². The van der Waals surface area contributed by atoms with Crippen molar-refractivity contribution in [1.82, 2.24) is 0 Å². The molecule has 1 nitrogen and oxygen atoms in total. The van der Waals surface area contributed by atoms with Crippen molar-refractivity contribution in [1.29, 1.82) is 0 Å². The van der Waals surface area contributed by atoms with Crippen LogP contribution in [0.15, 0.2) is 0 Å². The molecule has 0 N–H and O–H groups in total. The van der Waals surface area contributed by atoms with Crippen molar-refractivity contribution >= 4 is 0 Å². The zero-order chi connectivity index (χ0) is 4.62. The third kappa shape index (κ3) is 0.548. The minimum absolute atomic E-state index is 0.167. The van der Waals surface area contributed by atoms with Gasteiger partial charge in [-0.15, -0.1) is 0 Å². The summed E-state index contributed by atoms with van der Waals surface area (Å²) in [7, 11) is 0. The van der Waals surface area contributed by atoms with Gasteiger partial charge in [0.05, 0.1) is 5.60 Å². The van der Waals surface area contributed by atoms with Gasteiger partial charge in [-0.25, -0.2) is 0 Å². The standard InChI is InChI=1S/C5H9O/c1-3-5(2)4-6-5/h4H,3H2,1-2H3. The molecule has 1 saturated heterocycles. The maximum Gasteiger partial charge on any atom is 0.116 e. The second-order valence-electron chi connectivity index (χ2n) is 1.90. The van der Waals surface area contributed by atoms with Crippen molar-refractivity contribution in [2.75, 3.05) is 0 Å². The van der Waals surface area contributed by atoms with Crippen molar-refractivity contribution < 1.29 is 4.74 Å². The fourth-order valence-corrected chi connectivity index (χ4v) is 0.267. The molecular formula is C5H9O. The molecule has 0 amide bonds. The zero-order valence-electron chi connectivity index (χ0n) is 4.19. The lowest BCUT2D eigenvalue weighted by atomic mass is 10.1. The SMILES string of the molecule is CCC1(C)[CH]O1. The van der Waals surface area contributed by atoms with Crippen molar-refractivity contribution in [3.8, 4) is 0 Å². The summed E-state index contributed by atoms with van der Waals surface area (Å²) in [4.78, 5) is 0. The Morgan fingerprint density at radius 3 is 2.33 bits per heavy atom. The van der Waals surface area contributed by atoms with E-state index in [0.717, 1.165) is 6.42 Å². The summed E-state index contributed by atoms with van der Waals surface area (Å²) in [5.74, 6) is 0. The molecule has 1 fully saturated rings. The molecule has 0 saturated carbocycles. The van der Waals surface area contributed by atoms with Gasteiger partial charge >= 0.3 is 0 Å². The Hall–Kier alpha value is -0.0400. The van der Waals surface area contributed by atoms with Gasteiger partial charge < -0.3 is 4.74 Å². The van der Waals surface area contributed by atoms with E-state index in [1.165, 1.54) is 0 Å². The highest BCUT2D eigenvalue weighted by molar-refractivity contribution is 4.97. The normalized spacial score (nSPS) is 43.0. The van der Waals surface area contributed by atoms with Gasteiger partial charge in [-0.1, -0.05) is 6.92 Å². The minimum atomic E-state index is 0.167. The molecule has 0 spiro atoms. The van der Waals surface area contributed by atoms with Gasteiger partial charge in [0, 0.05) is 0 Å². The van der Waals surface area contributed by atoms with Gasteiger partial charge in [0.2, 0.25) is 0 Å². The molecule has 35 valence electrons. The van der Waals surface area contributed by atoms with Gasteiger partial charge in [-0.05, 0) is 13.3 Å². The molecular weight excluding hydrogens is 76.1 g/mol. The highest BCUT2D eigenvalue weighted by Gasteiger charge is 2.37. The van der Waals surface area contributed by atoms with Crippen LogP contribution in [0.3, 0.4) is 0 Å². The molecule has 1 heterocycles. The third-order valence-corrected chi connectivity index (χ3v) is 1.22. The molecule has 1 atom stereocenters. The Balaban J connectivity index is 2.28. The predicted octanol–water partition coefficient (Wildman–Crippen LogP) is 1.35. The van der Waals surface area contributed by atoms with Crippen LogP contribution < -0.4 is 0 Å². The summed E-state index contributed by atoms with van der Waals surface area (Å²) in [5.41, 5.74) is 0.167. The van der Waals surface area contributed by atoms with Gasteiger partial charge in [0.1, 0.15) is 6.61 Å². The number of hydrogen-bond donors (Lipinski definition) is 0. The van der Waals surface area contributed by atoms with E-state index in [9.17, 15) is 0 Å². The van der Waals surface area contributed by atoms with Crippen molar-refractivity contribution in [2.24, 2.45) is 0 Å². The lowest BCUT2D eigenvalue weighted by Gasteiger charge is -1.91. The second kappa shape index (κ2) is 0.969. The monoisotopic (exact) mass is 85.1 g/mol. The van der Waals surface area contributed by atoms with E-state index >= 15 is 0 Å². The van der Waals surface area contributed by atoms with E-state index in [2.05, 4.69) is 13.8 Å². The summed E-state index contributed by atoms with van der Waals surface area (Å²) in [6.07, 6.45) is 1.10. The molecule has 1 heteroatoms. The quantitative estimate of drug-likeness (QED) is 0.438. The van der Waals surface area contributed by atoms with Crippen LogP contribution in [-0.2, 0) is 4.74 Å². The molecule has 1 aliphatic heterocycles. The summed E-state index contributed by atoms with van der Waals surface area (Å²) in [6.45, 7) is 6.06. The first-order chi connectivity index (χ1) is 2.77. The Bertz CT molecular complexity index is 55.0. The average molecular weight is 85.1 g/mol. The van der Waals surface area contributed by atoms with Crippen LogP contribution in [0.1, 0.15) is 20.3 Å². The molecule has 1 rings (SSSR count). The summed E-state index contributed by atoms with van der Waals surface area (Å²) < 4.78 is 4.92. The molecule has 1 aliphatic rings. The van der Waals surface area contributed by atoms with Crippen molar-refractivity contribution in [3.05, 3.63) is 6.61 Å². The van der Waals surface area contributed by atoms with Crippen LogP contribution in [0.25, 0.3) is 0 Å². The van der Waals surface area contributed by atoms with E-state index in [1.807, 2.05) is 6.61 Å². The molecule has 0 aromatic heterocycles. The highest BCUT2D eigenvalue weighted by Crippen LogP contribution is 2.34. The second-order valence-corrected chi connectivity index (χ2v) is 1.90. The lowest BCUT2D eigenvalue weighted by molar-refractivity contribution is 0.323. The largest absolute Gasteiger partial charge is 0.363 e. The van der Waals surface area contributed by atoms with E-state index in [4.69, 9.17) is 4.74 Å². The third-order valence-electron chi connectivity index (χ3n) is 1.22. The fourth-order valence-electron chi connectivity index (χ4n) is 0.267. The first-order valence-electron chi connectivity index (χ1n) is 2.29. The van der Waals surface area contributed by atoms with Crippen LogP contribution in [0.2, 0.25) is 0 Å². The lowest BCUT2D eigenvalue weighted by Crippen LogP contribution is -1.96. The minimum Gasteiger partial charge on any atom is -0.363 e. The molecule has 0 bridgehead atoms. The molecule has 1 radical (unpaired) electrons. The van der Waals surface area contributed by atoms with E-state index < -0.39 is 0 Å². The van der Waals surface area contributed by atoms with Gasteiger partial charge in [-0.2, -0.15) is 0 Å². The summed E-state index contributed by atoms with van der Waals surface area (Å²) in [6, 6.07) is 0. The number of epoxide rings is 1. The van der Waals surface area contributed by atoms with Crippen LogP contribution in [-0.4, -0.2) is 5.60 Å². The molecule has 0 aromatic rings. The molecule has 0 aromatic carbocycles. The zero-order valence-corrected chi connectivity index (χ0v) is 4.19. The summed E-state index contributed by atoms with van der Waals surface area (Å²) >= 11 is 0. The smallest absolute Gasteiger partial charge is 0.116 e. The molecule has 1 unspecified atom stereocenters. The van der Waals surface area contributed by atoms with E-state index in [1.54, 1.807) is 0 Å². The molecule has 6 heavy (non-hydrogen) atoms. The first kappa shape index (κ1) is 4.13. The van der Waals surface area contributed by atoms with Crippen LogP contribution in [0, 0.1) is 6.61 Å². The van der Waals surface area contributed by atoms with Gasteiger partial charge in [0.25, 0.3) is 0 Å². The Morgan fingerprint density at radius 2 is 2.33 bits per heavy atom. The highest BCUT2D eigenvalue weighted by atomic mass is 16.6. The van der Waals surface area contributed by atoms with Gasteiger partial charge in [0.15, 0.2) is 0 Å². The summed E-state index contributed by atoms with van der Waals surface area (Å²) in [5, 5.41) is 0. The van der Waals surface area contributed by atoms with Crippen LogP contribution in [0.5, 0.6) is 0 Å². The first-order valence-corrected chi connectivity index (χ1v) is 2.29. The average Bonchev–Trinajstić information content (AvgIpc) is 2.22. The number of hydrogen-bond acceptors (Lipinski definition) is 1. The van der Waals surface area contributed by atoms with E-state index in [0.29, 0.717) is 0 Å². The molecule has 0 aliphatic carbocycles. The Morgan fingerprint density at radius 1 is 1.83 bits per heavy atom. The topological polar surface area (TPSA) is 12.5 Å². The maximum atomic E-state index is 4.92. The number of rotatable bonds is 1. The van der Waals surface area contributed by atoms with E-state index in [-0.39, 0.29) is 5.60 Å². The Labute approximate surface area is 38.3 Å². The number of ether oxygens (including phenoxy) is 1. The predicted molar refractivity (Wildman–Crippen MR) is 24.1 cm³/mol. The van der Waals surface area contributed by atoms with Crippen LogP contribution >= 0.6 is 0 Å². The van der Waals surface area contributed by atoms with Crippen molar-refractivity contribution in [2.45, 2.75) is 25.9 Å². The van der Waals surface area contributed by atoms with Crippen molar-refractivity contribution in [3.63, 3.8) is 0 Å².